The minimum atomic E-state index is -0.00805. The van der Waals surface area contributed by atoms with Crippen molar-refractivity contribution in [2.75, 3.05) is 0 Å². The van der Waals surface area contributed by atoms with Gasteiger partial charge in [-0.25, -0.2) is 4.98 Å². The lowest BCUT2D eigenvalue weighted by Crippen LogP contribution is -2.00. The number of halogens is 1. The first kappa shape index (κ1) is 12.9. The van der Waals surface area contributed by atoms with Gasteiger partial charge in [0.1, 0.15) is 17.0 Å². The number of carbonyl (C=O) groups is 1. The van der Waals surface area contributed by atoms with Crippen molar-refractivity contribution in [3.05, 3.63) is 58.9 Å². The van der Waals surface area contributed by atoms with Gasteiger partial charge in [-0.1, -0.05) is 23.7 Å². The maximum atomic E-state index is 12.0. The quantitative estimate of drug-likeness (QED) is 0.662. The van der Waals surface area contributed by atoms with E-state index in [1.807, 2.05) is 41.8 Å². The molecule has 0 atom stereocenters. The Kier molecular flexibility index (Phi) is 3.07. The molecule has 2 aromatic heterocycles. The first-order chi connectivity index (χ1) is 9.56. The van der Waals surface area contributed by atoms with Crippen LogP contribution in [0.4, 0.5) is 0 Å². The lowest BCUT2D eigenvalue weighted by molar-refractivity contribution is 0.101. The average Bonchev–Trinajstić information content (AvgIpc) is 2.77. The van der Waals surface area contributed by atoms with Crippen LogP contribution in [-0.2, 0) is 0 Å². The molecule has 4 heteroatoms. The van der Waals surface area contributed by atoms with Gasteiger partial charge in [-0.3, -0.25) is 9.20 Å². The molecule has 0 amide bonds. The Bertz CT molecular complexity index is 803. The topological polar surface area (TPSA) is 34.4 Å². The Morgan fingerprint density at radius 3 is 2.55 bits per heavy atom. The Labute approximate surface area is 121 Å². The Morgan fingerprint density at radius 1 is 1.20 bits per heavy atom. The minimum Gasteiger partial charge on any atom is -0.296 e. The maximum absolute atomic E-state index is 12.0. The number of nitrogens with zero attached hydrogens (tertiary/aromatic N) is 2. The SMILES string of the molecule is CC(=O)c1c(-c2ccc(Cl)cc2)nc2cc(C)ccn12. The molecule has 100 valence electrons. The van der Waals surface area contributed by atoms with Crippen molar-refractivity contribution >= 4 is 23.0 Å². The predicted octanol–water partition coefficient (Wildman–Crippen LogP) is 4.17. The van der Waals surface area contributed by atoms with Crippen LogP contribution in [0.5, 0.6) is 0 Å². The third-order valence-corrected chi connectivity index (χ3v) is 3.48. The van der Waals surface area contributed by atoms with Crippen LogP contribution < -0.4 is 0 Å². The van der Waals surface area contributed by atoms with Gasteiger partial charge in [-0.05, 0) is 36.8 Å². The molecule has 1 aromatic carbocycles. The number of aryl methyl sites for hydroxylation is 1. The highest BCUT2D eigenvalue weighted by molar-refractivity contribution is 6.30. The van der Waals surface area contributed by atoms with Gasteiger partial charge in [0.25, 0.3) is 0 Å². The summed E-state index contributed by atoms with van der Waals surface area (Å²) in [7, 11) is 0. The van der Waals surface area contributed by atoms with Crippen molar-refractivity contribution in [3.63, 3.8) is 0 Å². The largest absolute Gasteiger partial charge is 0.296 e. The van der Waals surface area contributed by atoms with E-state index < -0.39 is 0 Å². The molecule has 0 saturated carbocycles. The minimum absolute atomic E-state index is 0.00805. The molecule has 0 N–H and O–H groups in total. The van der Waals surface area contributed by atoms with E-state index in [0.29, 0.717) is 16.4 Å². The second-order valence-electron chi connectivity index (χ2n) is 4.80. The number of benzene rings is 1. The molecule has 2 heterocycles. The van der Waals surface area contributed by atoms with Crippen LogP contribution in [0.25, 0.3) is 16.9 Å². The zero-order valence-electron chi connectivity index (χ0n) is 11.2. The molecule has 3 aromatic rings. The Morgan fingerprint density at radius 2 is 1.90 bits per heavy atom. The van der Waals surface area contributed by atoms with Crippen LogP contribution in [0, 0.1) is 6.92 Å². The summed E-state index contributed by atoms with van der Waals surface area (Å²) >= 11 is 5.91. The van der Waals surface area contributed by atoms with E-state index in [9.17, 15) is 4.79 Å². The van der Waals surface area contributed by atoms with Crippen LogP contribution in [0.1, 0.15) is 23.0 Å². The molecule has 0 unspecified atom stereocenters. The van der Waals surface area contributed by atoms with Crippen molar-refractivity contribution < 1.29 is 4.79 Å². The Balaban J connectivity index is 2.31. The smallest absolute Gasteiger partial charge is 0.178 e. The first-order valence-electron chi connectivity index (χ1n) is 6.32. The zero-order chi connectivity index (χ0) is 14.3. The number of fused-ring (bicyclic) bond motifs is 1. The fourth-order valence-electron chi connectivity index (χ4n) is 2.29. The molecule has 0 aliphatic heterocycles. The first-order valence-corrected chi connectivity index (χ1v) is 6.69. The standard InChI is InChI=1S/C16H13ClN2O/c1-10-7-8-19-14(9-10)18-15(16(19)11(2)20)12-3-5-13(17)6-4-12/h3-9H,1-2H3. The van der Waals surface area contributed by atoms with Gasteiger partial charge in [0.2, 0.25) is 0 Å². The summed E-state index contributed by atoms with van der Waals surface area (Å²) in [5, 5.41) is 0.665. The molecule has 0 spiro atoms. The van der Waals surface area contributed by atoms with E-state index in [1.165, 1.54) is 0 Å². The van der Waals surface area contributed by atoms with E-state index in [1.54, 1.807) is 19.1 Å². The molecule has 0 radical (unpaired) electrons. The summed E-state index contributed by atoms with van der Waals surface area (Å²) in [5.41, 5.74) is 4.07. The molecule has 0 aliphatic rings. The normalized spacial score (nSPS) is 10.9. The van der Waals surface area contributed by atoms with Crippen molar-refractivity contribution in [1.29, 1.82) is 0 Å². The van der Waals surface area contributed by atoms with E-state index >= 15 is 0 Å². The van der Waals surface area contributed by atoms with Crippen molar-refractivity contribution in [2.24, 2.45) is 0 Å². The number of ketones is 1. The predicted molar refractivity (Wildman–Crippen MR) is 80.4 cm³/mol. The van der Waals surface area contributed by atoms with Crippen LogP contribution in [0.2, 0.25) is 5.02 Å². The molecule has 0 fully saturated rings. The average molecular weight is 285 g/mol. The molecule has 0 aliphatic carbocycles. The van der Waals surface area contributed by atoms with Crippen LogP contribution in [-0.4, -0.2) is 15.2 Å². The summed E-state index contributed by atoms with van der Waals surface area (Å²) in [4.78, 5) is 16.6. The fraction of sp³-hybridized carbons (Fsp3) is 0.125. The van der Waals surface area contributed by atoms with Crippen LogP contribution in [0.15, 0.2) is 42.6 Å². The van der Waals surface area contributed by atoms with E-state index in [-0.39, 0.29) is 5.78 Å². The lowest BCUT2D eigenvalue weighted by Gasteiger charge is -2.02. The van der Waals surface area contributed by atoms with E-state index in [0.717, 1.165) is 16.8 Å². The third kappa shape index (κ3) is 2.10. The van der Waals surface area contributed by atoms with Gasteiger partial charge < -0.3 is 0 Å². The lowest BCUT2D eigenvalue weighted by atomic mass is 10.1. The van der Waals surface area contributed by atoms with Gasteiger partial charge in [0.05, 0.1) is 0 Å². The number of pyridine rings is 1. The monoisotopic (exact) mass is 284 g/mol. The third-order valence-electron chi connectivity index (χ3n) is 3.23. The molecule has 0 saturated heterocycles. The van der Waals surface area contributed by atoms with Gasteiger partial charge >= 0.3 is 0 Å². The number of aromatic nitrogens is 2. The molecule has 3 rings (SSSR count). The summed E-state index contributed by atoms with van der Waals surface area (Å²) in [5.74, 6) is -0.00805. The molecule has 0 bridgehead atoms. The molecular formula is C16H13ClN2O. The van der Waals surface area contributed by atoms with Crippen LogP contribution >= 0.6 is 11.6 Å². The van der Waals surface area contributed by atoms with Gasteiger partial charge in [0, 0.05) is 23.7 Å². The van der Waals surface area contributed by atoms with Crippen molar-refractivity contribution in [1.82, 2.24) is 9.38 Å². The fourth-order valence-corrected chi connectivity index (χ4v) is 2.42. The molecular weight excluding hydrogens is 272 g/mol. The summed E-state index contributed by atoms with van der Waals surface area (Å²) in [6.07, 6.45) is 1.88. The van der Waals surface area contributed by atoms with Crippen molar-refractivity contribution in [3.8, 4) is 11.3 Å². The highest BCUT2D eigenvalue weighted by atomic mass is 35.5. The van der Waals surface area contributed by atoms with Crippen LogP contribution in [0.3, 0.4) is 0 Å². The molecule has 3 nitrogen and oxygen atoms in total. The van der Waals surface area contributed by atoms with Gasteiger partial charge in [0.15, 0.2) is 5.78 Å². The molecule has 20 heavy (non-hydrogen) atoms. The summed E-state index contributed by atoms with van der Waals surface area (Å²) < 4.78 is 1.83. The Hall–Kier alpha value is -2.13. The summed E-state index contributed by atoms with van der Waals surface area (Å²) in [6, 6.07) is 11.3. The van der Waals surface area contributed by atoms with E-state index in [2.05, 4.69) is 4.98 Å². The number of hydrogen-bond donors (Lipinski definition) is 0. The maximum Gasteiger partial charge on any atom is 0.178 e. The van der Waals surface area contributed by atoms with Gasteiger partial charge in [-0.2, -0.15) is 0 Å². The highest BCUT2D eigenvalue weighted by Gasteiger charge is 2.17. The van der Waals surface area contributed by atoms with Gasteiger partial charge in [-0.15, -0.1) is 0 Å². The number of carbonyl (C=O) groups excluding carboxylic acids is 1. The number of hydrogen-bond acceptors (Lipinski definition) is 2. The van der Waals surface area contributed by atoms with E-state index in [4.69, 9.17) is 11.6 Å². The highest BCUT2D eigenvalue weighted by Crippen LogP contribution is 2.26. The number of rotatable bonds is 2. The second kappa shape index (κ2) is 4.76. The second-order valence-corrected chi connectivity index (χ2v) is 5.24. The summed E-state index contributed by atoms with van der Waals surface area (Å²) in [6.45, 7) is 3.56. The van der Waals surface area contributed by atoms with Crippen molar-refractivity contribution in [2.45, 2.75) is 13.8 Å². The number of imidazole rings is 1. The zero-order valence-corrected chi connectivity index (χ0v) is 12.0. The number of Topliss-reactive ketones (excluding diaryl/α,β-unsaturated/α-hetero) is 1.